The monoisotopic (exact) mass is 395 g/mol. The Morgan fingerprint density at radius 1 is 1.31 bits per heavy atom. The number of piperidine rings is 1. The Morgan fingerprint density at radius 3 is 2.90 bits per heavy atom. The third kappa shape index (κ3) is 4.11. The third-order valence-electron chi connectivity index (χ3n) is 5.04. The molecule has 1 saturated heterocycles. The second-order valence-electron chi connectivity index (χ2n) is 7.24. The van der Waals surface area contributed by atoms with Crippen LogP contribution < -0.4 is 5.32 Å². The van der Waals surface area contributed by atoms with Crippen LogP contribution in [0.3, 0.4) is 0 Å². The highest BCUT2D eigenvalue weighted by molar-refractivity contribution is 5.89. The Morgan fingerprint density at radius 2 is 2.14 bits per heavy atom. The number of hydrogen-bond acceptors (Lipinski definition) is 5. The van der Waals surface area contributed by atoms with Crippen LogP contribution in [0.25, 0.3) is 11.3 Å². The van der Waals surface area contributed by atoms with E-state index >= 15 is 0 Å². The molecule has 0 spiro atoms. The largest absolute Gasteiger partial charge is 0.356 e. The summed E-state index contributed by atoms with van der Waals surface area (Å²) in [6.07, 6.45) is 3.46. The van der Waals surface area contributed by atoms with Crippen molar-refractivity contribution in [1.82, 2.24) is 20.0 Å². The molecule has 2 amide bonds. The summed E-state index contributed by atoms with van der Waals surface area (Å²) >= 11 is 0. The fourth-order valence-corrected chi connectivity index (χ4v) is 3.62. The van der Waals surface area contributed by atoms with Crippen LogP contribution >= 0.6 is 0 Å². The van der Waals surface area contributed by atoms with E-state index < -0.39 is 5.82 Å². The van der Waals surface area contributed by atoms with Gasteiger partial charge in [-0.15, -0.1) is 0 Å². The molecule has 2 aromatic heterocycles. The molecule has 0 unspecified atom stereocenters. The maximum absolute atomic E-state index is 13.9. The van der Waals surface area contributed by atoms with Crippen molar-refractivity contribution in [3.05, 3.63) is 59.6 Å². The van der Waals surface area contributed by atoms with Crippen molar-refractivity contribution in [1.29, 1.82) is 0 Å². The molecule has 29 heavy (non-hydrogen) atoms. The van der Waals surface area contributed by atoms with Gasteiger partial charge in [-0.2, -0.15) is 0 Å². The van der Waals surface area contributed by atoms with Gasteiger partial charge in [0, 0.05) is 31.3 Å². The molecule has 3 heterocycles. The summed E-state index contributed by atoms with van der Waals surface area (Å²) in [6, 6.07) is 7.68. The minimum Gasteiger partial charge on any atom is -0.356 e. The summed E-state index contributed by atoms with van der Waals surface area (Å²) in [5.74, 6) is 0.847. The Bertz CT molecular complexity index is 1040. The molecule has 1 atom stereocenters. The summed E-state index contributed by atoms with van der Waals surface area (Å²) < 4.78 is 19.3. The molecule has 0 bridgehead atoms. The summed E-state index contributed by atoms with van der Waals surface area (Å²) in [4.78, 5) is 23.4. The number of anilines is 1. The first-order valence-electron chi connectivity index (χ1n) is 9.59. The number of carbonyl (C=O) groups excluding carboxylic acids is 1. The molecular weight excluding hydrogens is 373 g/mol. The van der Waals surface area contributed by atoms with Crippen LogP contribution in [0.4, 0.5) is 14.9 Å². The van der Waals surface area contributed by atoms with Gasteiger partial charge >= 0.3 is 6.03 Å². The van der Waals surface area contributed by atoms with Crippen molar-refractivity contribution in [3.8, 4) is 11.3 Å². The van der Waals surface area contributed by atoms with Crippen LogP contribution in [0, 0.1) is 19.7 Å². The SMILES string of the molecule is Cc1cc(-c2cnc(C)nc2[C@H]2CCCN(C(=O)Nc3ccccc3F)C2)on1. The topological polar surface area (TPSA) is 84.2 Å². The second kappa shape index (κ2) is 7.98. The number of nitrogens with one attached hydrogen (secondary N) is 1. The van der Waals surface area contributed by atoms with E-state index in [0.29, 0.717) is 24.7 Å². The van der Waals surface area contributed by atoms with Crippen LogP contribution in [0.15, 0.2) is 41.1 Å². The molecular formula is C21H22FN5O2. The first-order valence-corrected chi connectivity index (χ1v) is 9.59. The lowest BCUT2D eigenvalue weighted by Crippen LogP contribution is -2.42. The van der Waals surface area contributed by atoms with Gasteiger partial charge < -0.3 is 14.7 Å². The van der Waals surface area contributed by atoms with E-state index in [1.165, 1.54) is 6.07 Å². The Labute approximate surface area is 168 Å². The molecule has 0 aliphatic carbocycles. The lowest BCUT2D eigenvalue weighted by molar-refractivity contribution is 0.192. The molecule has 1 fully saturated rings. The molecule has 4 rings (SSSR count). The highest BCUT2D eigenvalue weighted by Crippen LogP contribution is 2.33. The van der Waals surface area contributed by atoms with E-state index in [2.05, 4.69) is 20.4 Å². The molecule has 3 aromatic rings. The molecule has 0 saturated carbocycles. The van der Waals surface area contributed by atoms with Crippen LogP contribution in [0.1, 0.15) is 36.0 Å². The van der Waals surface area contributed by atoms with Crippen molar-refractivity contribution >= 4 is 11.7 Å². The number of para-hydroxylation sites is 1. The number of amides is 2. The second-order valence-corrected chi connectivity index (χ2v) is 7.24. The molecule has 7 nitrogen and oxygen atoms in total. The van der Waals surface area contributed by atoms with Gasteiger partial charge in [0.2, 0.25) is 0 Å². The van der Waals surface area contributed by atoms with Gasteiger partial charge in [0.1, 0.15) is 11.6 Å². The lowest BCUT2D eigenvalue weighted by atomic mass is 9.91. The van der Waals surface area contributed by atoms with Crippen molar-refractivity contribution in [2.75, 3.05) is 18.4 Å². The minimum atomic E-state index is -0.455. The van der Waals surface area contributed by atoms with Crippen molar-refractivity contribution in [3.63, 3.8) is 0 Å². The van der Waals surface area contributed by atoms with Gasteiger partial charge in [-0.1, -0.05) is 17.3 Å². The quantitative estimate of drug-likeness (QED) is 0.715. The number of rotatable bonds is 3. The maximum atomic E-state index is 13.9. The molecule has 8 heteroatoms. The van der Waals surface area contributed by atoms with Gasteiger partial charge in [-0.3, -0.25) is 0 Å². The summed E-state index contributed by atoms with van der Waals surface area (Å²) in [6.45, 7) is 4.79. The van der Waals surface area contributed by atoms with E-state index in [-0.39, 0.29) is 17.6 Å². The summed E-state index contributed by atoms with van der Waals surface area (Å²) in [5.41, 5.74) is 2.59. The molecule has 150 valence electrons. The Kier molecular flexibility index (Phi) is 5.24. The van der Waals surface area contributed by atoms with E-state index in [0.717, 1.165) is 29.8 Å². The summed E-state index contributed by atoms with van der Waals surface area (Å²) in [5, 5.41) is 6.62. The standard InChI is InChI=1S/C21H22FN5O2/c1-13-10-19(29-26-13)16-11-23-14(2)24-20(16)15-6-5-9-27(12-15)21(28)25-18-8-4-3-7-17(18)22/h3-4,7-8,10-11,15H,5-6,9,12H2,1-2H3,(H,25,28)/t15-/m0/s1. The normalized spacial score (nSPS) is 16.7. The third-order valence-corrected chi connectivity index (χ3v) is 5.04. The van der Waals surface area contributed by atoms with Crippen molar-refractivity contribution < 1.29 is 13.7 Å². The first kappa shape index (κ1) is 19.0. The smallest absolute Gasteiger partial charge is 0.321 e. The van der Waals surface area contributed by atoms with Crippen molar-refractivity contribution in [2.24, 2.45) is 0 Å². The van der Waals surface area contributed by atoms with E-state index in [1.807, 2.05) is 19.9 Å². The number of aryl methyl sites for hydroxylation is 2. The lowest BCUT2D eigenvalue weighted by Gasteiger charge is -2.33. The van der Waals surface area contributed by atoms with Crippen LogP contribution in [-0.2, 0) is 0 Å². The number of nitrogens with zero attached hydrogens (tertiary/aromatic N) is 4. The number of hydrogen-bond donors (Lipinski definition) is 1. The molecule has 0 radical (unpaired) electrons. The highest BCUT2D eigenvalue weighted by atomic mass is 19.1. The van der Waals surface area contributed by atoms with E-state index in [9.17, 15) is 9.18 Å². The van der Waals surface area contributed by atoms with Gasteiger partial charge in [-0.05, 0) is 38.8 Å². The van der Waals surface area contributed by atoms with Gasteiger partial charge in [0.15, 0.2) is 5.76 Å². The molecule has 1 N–H and O–H groups in total. The molecule has 1 aliphatic heterocycles. The predicted octanol–water partition coefficient (Wildman–Crippen LogP) is 4.30. The number of aromatic nitrogens is 3. The Balaban J connectivity index is 1.56. The van der Waals surface area contributed by atoms with E-state index in [4.69, 9.17) is 4.52 Å². The maximum Gasteiger partial charge on any atom is 0.321 e. The molecule has 1 aliphatic rings. The zero-order chi connectivity index (χ0) is 20.4. The van der Waals surface area contributed by atoms with Crippen molar-refractivity contribution in [2.45, 2.75) is 32.6 Å². The molecule has 1 aromatic carbocycles. The van der Waals surface area contributed by atoms with E-state index in [1.54, 1.807) is 29.3 Å². The Hall–Kier alpha value is -3.29. The number of carbonyl (C=O) groups is 1. The highest BCUT2D eigenvalue weighted by Gasteiger charge is 2.29. The average molecular weight is 395 g/mol. The first-order chi connectivity index (χ1) is 14.0. The van der Waals surface area contributed by atoms with Gasteiger partial charge in [0.05, 0.1) is 22.6 Å². The number of halogens is 1. The minimum absolute atomic E-state index is 0.0252. The zero-order valence-corrected chi connectivity index (χ0v) is 16.4. The average Bonchev–Trinajstić information content (AvgIpc) is 3.16. The number of likely N-dealkylation sites (tertiary alicyclic amines) is 1. The van der Waals surface area contributed by atoms with Crippen LogP contribution in [0.2, 0.25) is 0 Å². The van der Waals surface area contributed by atoms with Gasteiger partial charge in [0.25, 0.3) is 0 Å². The summed E-state index contributed by atoms with van der Waals surface area (Å²) in [7, 11) is 0. The fourth-order valence-electron chi connectivity index (χ4n) is 3.62. The predicted molar refractivity (Wildman–Crippen MR) is 106 cm³/mol. The van der Waals surface area contributed by atoms with Gasteiger partial charge in [-0.25, -0.2) is 19.2 Å². The zero-order valence-electron chi connectivity index (χ0n) is 16.4. The van der Waals surface area contributed by atoms with Crippen LogP contribution in [0.5, 0.6) is 0 Å². The number of benzene rings is 1. The number of urea groups is 1. The fraction of sp³-hybridized carbons (Fsp3) is 0.333. The van der Waals surface area contributed by atoms with Crippen LogP contribution in [-0.4, -0.2) is 39.1 Å².